The number of nitrogens with zero attached hydrogens (tertiary/aromatic N) is 3. The van der Waals surface area contributed by atoms with Crippen LogP contribution in [0.15, 0.2) is 24.3 Å². The molecule has 7 nitrogen and oxygen atoms in total. The summed E-state index contributed by atoms with van der Waals surface area (Å²) in [6.07, 6.45) is 0.327. The zero-order valence-corrected chi connectivity index (χ0v) is 16.4. The molecule has 146 valence electrons. The fourth-order valence-electron chi connectivity index (χ4n) is 3.68. The van der Waals surface area contributed by atoms with Crippen LogP contribution in [0.25, 0.3) is 0 Å². The van der Waals surface area contributed by atoms with E-state index in [9.17, 15) is 19.7 Å². The van der Waals surface area contributed by atoms with Gasteiger partial charge in [0.15, 0.2) is 0 Å². The summed E-state index contributed by atoms with van der Waals surface area (Å²) in [5, 5.41) is 11.4. The maximum atomic E-state index is 13.1. The van der Waals surface area contributed by atoms with Gasteiger partial charge >= 0.3 is 0 Å². The largest absolute Gasteiger partial charge is 0.339 e. The van der Waals surface area contributed by atoms with E-state index in [-0.39, 0.29) is 34.6 Å². The molecular weight excluding hydrogens is 370 g/mol. The van der Waals surface area contributed by atoms with Crippen LogP contribution < -0.4 is 0 Å². The van der Waals surface area contributed by atoms with Crippen LogP contribution in [0, 0.1) is 22.0 Å². The van der Waals surface area contributed by atoms with E-state index in [1.165, 1.54) is 0 Å². The number of rotatable bonds is 6. The standard InChI is InChI=1S/C19H24ClN3O4/c1-11(2)17(12-4-6-13(20)7-5-12)19(25)21(3)14-9-22(10-14)18(24)15-8-16(15)23(26)27/h4-7,11,14-17H,8-10H2,1-3H3/t15-,16-,17?/m1/s1. The third-order valence-electron chi connectivity index (χ3n) is 5.58. The smallest absolute Gasteiger partial charge is 0.233 e. The van der Waals surface area contributed by atoms with Crippen LogP contribution in [0.2, 0.25) is 5.02 Å². The number of likely N-dealkylation sites (tertiary alicyclic amines) is 1. The number of benzene rings is 1. The minimum atomic E-state index is -0.730. The van der Waals surface area contributed by atoms with Gasteiger partial charge in [0.2, 0.25) is 17.9 Å². The van der Waals surface area contributed by atoms with Gasteiger partial charge in [-0.3, -0.25) is 19.7 Å². The monoisotopic (exact) mass is 393 g/mol. The topological polar surface area (TPSA) is 83.8 Å². The fraction of sp³-hybridized carbons (Fsp3) is 0.579. The average molecular weight is 394 g/mol. The van der Waals surface area contributed by atoms with Gasteiger partial charge in [0, 0.05) is 36.5 Å². The summed E-state index contributed by atoms with van der Waals surface area (Å²) in [6.45, 7) is 4.89. The highest BCUT2D eigenvalue weighted by Gasteiger charge is 2.56. The number of hydrogen-bond acceptors (Lipinski definition) is 4. The number of halogens is 1. The average Bonchev–Trinajstić information content (AvgIpc) is 3.35. The molecule has 0 aromatic heterocycles. The lowest BCUT2D eigenvalue weighted by molar-refractivity contribution is -0.497. The highest BCUT2D eigenvalue weighted by atomic mass is 35.5. The Bertz CT molecular complexity index is 746. The van der Waals surface area contributed by atoms with Crippen LogP contribution >= 0.6 is 11.6 Å². The molecule has 1 unspecified atom stereocenters. The second-order valence-corrected chi connectivity index (χ2v) is 8.25. The quantitative estimate of drug-likeness (QED) is 0.548. The molecular formula is C19H24ClN3O4. The molecule has 1 heterocycles. The molecule has 1 saturated heterocycles. The Balaban J connectivity index is 1.59. The lowest BCUT2D eigenvalue weighted by Gasteiger charge is -2.45. The molecule has 2 amide bonds. The van der Waals surface area contributed by atoms with E-state index in [0.29, 0.717) is 24.5 Å². The van der Waals surface area contributed by atoms with Crippen LogP contribution in [0.1, 0.15) is 31.7 Å². The summed E-state index contributed by atoms with van der Waals surface area (Å²) in [6, 6.07) is 6.53. The molecule has 1 saturated carbocycles. The highest BCUT2D eigenvalue weighted by Crippen LogP contribution is 2.36. The van der Waals surface area contributed by atoms with Crippen molar-refractivity contribution < 1.29 is 14.5 Å². The lowest BCUT2D eigenvalue weighted by Crippen LogP contribution is -2.62. The third kappa shape index (κ3) is 3.93. The summed E-state index contributed by atoms with van der Waals surface area (Å²) in [7, 11) is 1.76. The molecule has 3 rings (SSSR count). The first-order valence-corrected chi connectivity index (χ1v) is 9.53. The Morgan fingerprint density at radius 1 is 1.26 bits per heavy atom. The van der Waals surface area contributed by atoms with Crippen molar-refractivity contribution in [2.24, 2.45) is 11.8 Å². The number of likely N-dealkylation sites (N-methyl/N-ethyl adjacent to an activating group) is 1. The van der Waals surface area contributed by atoms with Crippen molar-refractivity contribution in [3.63, 3.8) is 0 Å². The maximum Gasteiger partial charge on any atom is 0.233 e. The Morgan fingerprint density at radius 3 is 2.33 bits per heavy atom. The predicted molar refractivity (Wildman–Crippen MR) is 101 cm³/mol. The van der Waals surface area contributed by atoms with E-state index in [1.54, 1.807) is 29.0 Å². The van der Waals surface area contributed by atoms with Crippen LogP contribution in [0.3, 0.4) is 0 Å². The molecule has 0 radical (unpaired) electrons. The molecule has 1 aliphatic carbocycles. The van der Waals surface area contributed by atoms with E-state index in [1.807, 2.05) is 26.0 Å². The first kappa shape index (κ1) is 19.6. The van der Waals surface area contributed by atoms with Crippen LogP contribution in [0.5, 0.6) is 0 Å². The van der Waals surface area contributed by atoms with Crippen molar-refractivity contribution in [1.29, 1.82) is 0 Å². The minimum absolute atomic E-state index is 0.0130. The Morgan fingerprint density at radius 2 is 1.85 bits per heavy atom. The van der Waals surface area contributed by atoms with Crippen molar-refractivity contribution in [3.8, 4) is 0 Å². The van der Waals surface area contributed by atoms with E-state index in [0.717, 1.165) is 5.56 Å². The molecule has 27 heavy (non-hydrogen) atoms. The summed E-state index contributed by atoms with van der Waals surface area (Å²) >= 11 is 5.95. The van der Waals surface area contributed by atoms with Crippen molar-refractivity contribution in [3.05, 3.63) is 45.0 Å². The normalized spacial score (nSPS) is 22.9. The minimum Gasteiger partial charge on any atom is -0.339 e. The van der Waals surface area contributed by atoms with Gasteiger partial charge in [-0.2, -0.15) is 0 Å². The van der Waals surface area contributed by atoms with Crippen molar-refractivity contribution in [2.45, 2.75) is 38.3 Å². The maximum absolute atomic E-state index is 13.1. The number of carbonyl (C=O) groups is 2. The zero-order chi connectivity index (χ0) is 19.9. The summed E-state index contributed by atoms with van der Waals surface area (Å²) in [5.41, 5.74) is 0.922. The number of nitro groups is 1. The molecule has 8 heteroatoms. The number of hydrogen-bond donors (Lipinski definition) is 0. The van der Waals surface area contributed by atoms with Gasteiger partial charge in [0.05, 0.1) is 12.0 Å². The molecule has 1 aromatic rings. The van der Waals surface area contributed by atoms with Gasteiger partial charge in [-0.15, -0.1) is 0 Å². The van der Waals surface area contributed by atoms with Gasteiger partial charge < -0.3 is 9.80 Å². The van der Waals surface area contributed by atoms with Crippen LogP contribution in [-0.2, 0) is 9.59 Å². The zero-order valence-electron chi connectivity index (χ0n) is 15.7. The highest BCUT2D eigenvalue weighted by molar-refractivity contribution is 6.30. The Hall–Kier alpha value is -2.15. The Labute approximate surface area is 163 Å². The molecule has 0 N–H and O–H groups in total. The van der Waals surface area contributed by atoms with Gasteiger partial charge in [-0.1, -0.05) is 37.6 Å². The second-order valence-electron chi connectivity index (χ2n) is 7.81. The SMILES string of the molecule is CC(C)C(C(=O)N(C)C1CN(C(=O)[C@@H]2C[C@H]2[N+](=O)[O-])C1)c1ccc(Cl)cc1. The first-order chi connectivity index (χ1) is 12.7. The molecule has 3 atom stereocenters. The molecule has 1 aliphatic heterocycles. The molecule has 1 aromatic carbocycles. The van der Waals surface area contributed by atoms with Gasteiger partial charge in [-0.25, -0.2) is 0 Å². The fourth-order valence-corrected chi connectivity index (χ4v) is 3.80. The van der Waals surface area contributed by atoms with E-state index in [2.05, 4.69) is 0 Å². The number of amides is 2. The first-order valence-electron chi connectivity index (χ1n) is 9.15. The van der Waals surface area contributed by atoms with Crippen molar-refractivity contribution in [2.75, 3.05) is 20.1 Å². The van der Waals surface area contributed by atoms with E-state index >= 15 is 0 Å². The van der Waals surface area contributed by atoms with E-state index < -0.39 is 12.0 Å². The third-order valence-corrected chi connectivity index (χ3v) is 5.83. The van der Waals surface area contributed by atoms with E-state index in [4.69, 9.17) is 11.6 Å². The summed E-state index contributed by atoms with van der Waals surface area (Å²) < 4.78 is 0. The van der Waals surface area contributed by atoms with Gasteiger partial charge in [0.25, 0.3) is 0 Å². The van der Waals surface area contributed by atoms with Crippen molar-refractivity contribution in [1.82, 2.24) is 9.80 Å². The second kappa shape index (κ2) is 7.46. The summed E-state index contributed by atoms with van der Waals surface area (Å²) in [5.74, 6) is -0.795. The summed E-state index contributed by atoms with van der Waals surface area (Å²) in [4.78, 5) is 39.0. The molecule has 0 spiro atoms. The van der Waals surface area contributed by atoms with Crippen LogP contribution in [0.4, 0.5) is 0 Å². The van der Waals surface area contributed by atoms with Gasteiger partial charge in [0.1, 0.15) is 5.92 Å². The molecule has 2 aliphatic rings. The Kier molecular flexibility index (Phi) is 5.42. The lowest BCUT2D eigenvalue weighted by atomic mass is 9.86. The van der Waals surface area contributed by atoms with Crippen molar-refractivity contribution >= 4 is 23.4 Å². The molecule has 2 fully saturated rings. The van der Waals surface area contributed by atoms with Crippen LogP contribution in [-0.4, -0.2) is 58.8 Å². The molecule has 0 bridgehead atoms. The van der Waals surface area contributed by atoms with Gasteiger partial charge in [-0.05, 0) is 23.6 Å². The predicted octanol–water partition coefficient (Wildman–Crippen LogP) is 2.41. The number of carbonyl (C=O) groups excluding carboxylic acids is 2.